The van der Waals surface area contributed by atoms with Crippen LogP contribution < -0.4 is 9.47 Å². The van der Waals surface area contributed by atoms with Crippen LogP contribution in [-0.2, 0) is 15.1 Å². The third-order valence-corrected chi connectivity index (χ3v) is 5.44. The Balaban J connectivity index is 2.63. The summed E-state index contributed by atoms with van der Waals surface area (Å²) in [5.41, 5.74) is 1.14. The van der Waals surface area contributed by atoms with Gasteiger partial charge in [0.05, 0.1) is 26.4 Å². The van der Waals surface area contributed by atoms with Crippen LogP contribution in [0.1, 0.15) is 49.3 Å². The minimum Gasteiger partial charge on any atom is -0.497 e. The molecule has 0 spiro atoms. The van der Waals surface area contributed by atoms with Crippen LogP contribution >= 0.6 is 0 Å². The maximum atomic E-state index is 12.3. The second-order valence-corrected chi connectivity index (χ2v) is 7.83. The summed E-state index contributed by atoms with van der Waals surface area (Å²) in [4.78, 5) is 10.8. The molecule has 2 aromatic rings. The Hall–Kier alpha value is -3.53. The van der Waals surface area contributed by atoms with E-state index in [0.717, 1.165) is 6.42 Å². The van der Waals surface area contributed by atoms with E-state index in [1.807, 2.05) is 61.5 Å². The van der Waals surface area contributed by atoms with Gasteiger partial charge in [0.15, 0.2) is 0 Å². The molecule has 1 atom stereocenters. The summed E-state index contributed by atoms with van der Waals surface area (Å²) in [6.45, 7) is 2.43. The minimum absolute atomic E-state index is 0.0715. The van der Waals surface area contributed by atoms with E-state index in [0.29, 0.717) is 53.2 Å². The van der Waals surface area contributed by atoms with E-state index in [2.05, 4.69) is 11.8 Å². The molecule has 0 aromatic heterocycles. The largest absolute Gasteiger partial charge is 0.497 e. The fourth-order valence-electron chi connectivity index (χ4n) is 3.68. The third kappa shape index (κ3) is 7.48. The van der Waals surface area contributed by atoms with E-state index >= 15 is 0 Å². The first-order valence-electron chi connectivity index (χ1n) is 11.5. The number of methoxy groups -OCH3 is 3. The third-order valence-electron chi connectivity index (χ3n) is 5.44. The number of rotatable bonds is 12. The zero-order valence-corrected chi connectivity index (χ0v) is 20.8. The highest BCUT2D eigenvalue weighted by Gasteiger charge is 2.35. The van der Waals surface area contributed by atoms with Gasteiger partial charge < -0.3 is 24.4 Å². The zero-order chi connectivity index (χ0) is 25.7. The van der Waals surface area contributed by atoms with Crippen LogP contribution in [0.15, 0.2) is 66.3 Å². The van der Waals surface area contributed by atoms with E-state index in [4.69, 9.17) is 19.3 Å². The Morgan fingerprint density at radius 3 is 2.37 bits per heavy atom. The number of carbonyl (C=O) groups is 1. The minimum atomic E-state index is -1.47. The average Bonchev–Trinajstić information content (AvgIpc) is 2.87. The van der Waals surface area contributed by atoms with Gasteiger partial charge in [-0.2, -0.15) is 0 Å². The molecule has 0 heterocycles. The van der Waals surface area contributed by atoms with Crippen molar-refractivity contribution in [1.29, 1.82) is 0 Å². The molecular weight excluding hydrogens is 444 g/mol. The highest BCUT2D eigenvalue weighted by atomic mass is 16.5. The van der Waals surface area contributed by atoms with Crippen LogP contribution in [0, 0.1) is 11.8 Å². The quantitative estimate of drug-likeness (QED) is 0.251. The number of benzene rings is 2. The molecule has 0 saturated carbocycles. The van der Waals surface area contributed by atoms with Crippen molar-refractivity contribution in [1.82, 2.24) is 0 Å². The van der Waals surface area contributed by atoms with Crippen LogP contribution in [0.2, 0.25) is 0 Å². The van der Waals surface area contributed by atoms with Crippen molar-refractivity contribution in [2.75, 3.05) is 27.9 Å². The van der Waals surface area contributed by atoms with Gasteiger partial charge in [0.25, 0.3) is 0 Å². The van der Waals surface area contributed by atoms with Gasteiger partial charge in [-0.3, -0.25) is 4.79 Å². The highest BCUT2D eigenvalue weighted by Crippen LogP contribution is 2.40. The van der Waals surface area contributed by atoms with Crippen molar-refractivity contribution >= 4 is 5.97 Å². The summed E-state index contributed by atoms with van der Waals surface area (Å²) in [5, 5.41) is 21.1. The molecule has 0 aliphatic carbocycles. The van der Waals surface area contributed by atoms with Crippen molar-refractivity contribution in [2.45, 2.75) is 38.2 Å². The number of unbranched alkanes of at least 4 members (excludes halogenated alkanes) is 1. The molecule has 0 bridgehead atoms. The van der Waals surface area contributed by atoms with Gasteiger partial charge >= 0.3 is 5.97 Å². The van der Waals surface area contributed by atoms with E-state index < -0.39 is 11.6 Å². The van der Waals surface area contributed by atoms with Gasteiger partial charge in [-0.25, -0.2) is 0 Å². The Bertz CT molecular complexity index is 1090. The van der Waals surface area contributed by atoms with Gasteiger partial charge in [0.2, 0.25) is 0 Å². The first kappa shape index (κ1) is 27.7. The maximum Gasteiger partial charge on any atom is 0.303 e. The van der Waals surface area contributed by atoms with Crippen LogP contribution in [0.4, 0.5) is 0 Å². The first-order chi connectivity index (χ1) is 16.9. The summed E-state index contributed by atoms with van der Waals surface area (Å²) < 4.78 is 16.0. The van der Waals surface area contributed by atoms with Crippen molar-refractivity contribution in [3.63, 3.8) is 0 Å². The predicted molar refractivity (Wildman–Crippen MR) is 137 cm³/mol. The molecule has 0 aliphatic rings. The van der Waals surface area contributed by atoms with E-state index in [1.54, 1.807) is 27.4 Å². The molecular formula is C29H34O6. The summed E-state index contributed by atoms with van der Waals surface area (Å²) >= 11 is 0. The molecule has 0 aliphatic heterocycles. The van der Waals surface area contributed by atoms with Gasteiger partial charge in [0.1, 0.15) is 17.1 Å². The number of ether oxygens (including phenoxy) is 3. The number of hydrogen-bond donors (Lipinski definition) is 2. The van der Waals surface area contributed by atoms with Crippen molar-refractivity contribution in [3.05, 3.63) is 83.0 Å². The summed E-state index contributed by atoms with van der Waals surface area (Å²) in [5.74, 6) is 6.54. The molecule has 0 saturated heterocycles. The molecule has 2 rings (SSSR count). The smallest absolute Gasteiger partial charge is 0.303 e. The van der Waals surface area contributed by atoms with E-state index in [9.17, 15) is 9.90 Å². The molecule has 2 aromatic carbocycles. The van der Waals surface area contributed by atoms with Crippen molar-refractivity contribution < 1.29 is 29.2 Å². The lowest BCUT2D eigenvalue weighted by atomic mass is 9.78. The van der Waals surface area contributed by atoms with Gasteiger partial charge in [0, 0.05) is 20.0 Å². The lowest BCUT2D eigenvalue weighted by Gasteiger charge is -2.32. The van der Waals surface area contributed by atoms with Gasteiger partial charge in [-0.1, -0.05) is 55.2 Å². The van der Waals surface area contributed by atoms with Crippen molar-refractivity contribution in [3.8, 4) is 23.3 Å². The Morgan fingerprint density at radius 1 is 1.06 bits per heavy atom. The number of carboxylic acid groups (broad SMARTS) is 1. The van der Waals surface area contributed by atoms with Crippen LogP contribution in [-0.4, -0.2) is 44.1 Å². The Labute approximate surface area is 207 Å². The summed E-state index contributed by atoms with van der Waals surface area (Å²) in [7, 11) is 4.78. The fourth-order valence-corrected chi connectivity index (χ4v) is 3.68. The summed E-state index contributed by atoms with van der Waals surface area (Å²) in [6, 6.07) is 12.7. The van der Waals surface area contributed by atoms with Crippen molar-refractivity contribution in [2.24, 2.45) is 0 Å². The number of aliphatic hydroxyl groups is 1. The number of hydrogen-bond acceptors (Lipinski definition) is 5. The molecule has 35 heavy (non-hydrogen) atoms. The Morgan fingerprint density at radius 2 is 1.77 bits per heavy atom. The molecule has 186 valence electrons. The summed E-state index contributed by atoms with van der Waals surface area (Å²) in [6.07, 6.45) is 7.43. The second-order valence-electron chi connectivity index (χ2n) is 7.83. The first-order valence-corrected chi connectivity index (χ1v) is 11.5. The zero-order valence-electron chi connectivity index (χ0n) is 20.8. The van der Waals surface area contributed by atoms with Gasteiger partial charge in [-0.15, -0.1) is 0 Å². The topological polar surface area (TPSA) is 85.2 Å². The Kier molecular flexibility index (Phi) is 11.1. The molecule has 6 nitrogen and oxygen atoms in total. The molecule has 6 heteroatoms. The van der Waals surface area contributed by atoms with E-state index in [1.165, 1.54) is 0 Å². The number of carboxylic acids is 1. The molecule has 0 radical (unpaired) electrons. The SMILES string of the molecule is CC/C=C(\C=C/COC)C(O)(c1ccc(OC)cc1)c1ccc(OC)c(C#CCCCC(=O)O)c1. The fraction of sp³-hybridized carbons (Fsp3) is 0.345. The van der Waals surface area contributed by atoms with Crippen LogP contribution in [0.3, 0.4) is 0 Å². The van der Waals surface area contributed by atoms with Crippen LogP contribution in [0.25, 0.3) is 0 Å². The molecule has 0 amide bonds. The average molecular weight is 479 g/mol. The molecule has 0 fully saturated rings. The van der Waals surface area contributed by atoms with Gasteiger partial charge in [-0.05, 0) is 53.8 Å². The number of allylic oxidation sites excluding steroid dienone is 1. The van der Waals surface area contributed by atoms with E-state index in [-0.39, 0.29) is 6.42 Å². The predicted octanol–water partition coefficient (Wildman–Crippen LogP) is 5.09. The van der Waals surface area contributed by atoms with Crippen LogP contribution in [0.5, 0.6) is 11.5 Å². The monoisotopic (exact) mass is 478 g/mol. The maximum absolute atomic E-state index is 12.3. The molecule has 1 unspecified atom stereocenters. The lowest BCUT2D eigenvalue weighted by Crippen LogP contribution is -2.29. The lowest BCUT2D eigenvalue weighted by molar-refractivity contribution is -0.137. The standard InChI is InChI=1S/C29H34O6/c1-5-10-23(12-9-20-33-2)29(32,24-14-17-26(34-3)18-15-24)25-16-19-27(35-4)22(21-25)11-7-6-8-13-28(30)31/h9-10,12,14-19,21,32H,5-6,8,13,20H2,1-4H3,(H,30,31)/b12-9-,23-10+. The number of aliphatic carboxylic acids is 1. The normalized spacial score (nSPS) is 13.1. The second kappa shape index (κ2) is 14.0. The highest BCUT2D eigenvalue weighted by molar-refractivity contribution is 5.66. The molecule has 2 N–H and O–H groups in total.